The molecule has 2 unspecified atom stereocenters. The second-order valence-electron chi connectivity index (χ2n) is 4.53. The minimum absolute atomic E-state index is 0.0695. The van der Waals surface area contributed by atoms with Gasteiger partial charge >= 0.3 is 0 Å². The van der Waals surface area contributed by atoms with Gasteiger partial charge in [0.05, 0.1) is 18.3 Å². The van der Waals surface area contributed by atoms with Crippen LogP contribution in [0.1, 0.15) is 56.8 Å². The number of nitrogens with zero attached hydrogens (tertiary/aromatic N) is 2. The van der Waals surface area contributed by atoms with Crippen LogP contribution in [0.15, 0.2) is 10.6 Å². The fourth-order valence-corrected chi connectivity index (χ4v) is 2.31. The van der Waals surface area contributed by atoms with Crippen molar-refractivity contribution in [2.45, 2.75) is 45.2 Å². The maximum absolute atomic E-state index is 5.78. The van der Waals surface area contributed by atoms with E-state index >= 15 is 0 Å². The first-order chi connectivity index (χ1) is 7.72. The Morgan fingerprint density at radius 1 is 1.62 bits per heavy atom. The van der Waals surface area contributed by atoms with E-state index in [9.17, 15) is 0 Å². The van der Waals surface area contributed by atoms with Gasteiger partial charge in [-0.25, -0.2) is 4.98 Å². The highest BCUT2D eigenvalue weighted by Gasteiger charge is 2.26. The molecule has 1 aliphatic heterocycles. The third-order valence-corrected chi connectivity index (χ3v) is 3.30. The molecule has 16 heavy (non-hydrogen) atoms. The van der Waals surface area contributed by atoms with E-state index in [0.29, 0.717) is 6.04 Å². The Morgan fingerprint density at radius 3 is 3.06 bits per heavy atom. The molecule has 0 saturated carbocycles. The average molecular weight is 223 g/mol. The summed E-state index contributed by atoms with van der Waals surface area (Å²) in [5.41, 5.74) is 5.78. The summed E-state index contributed by atoms with van der Waals surface area (Å²) in [5, 5.41) is 0. The summed E-state index contributed by atoms with van der Waals surface area (Å²) in [5.74, 6) is 1.63. The van der Waals surface area contributed by atoms with Gasteiger partial charge in [0.25, 0.3) is 0 Å². The van der Waals surface area contributed by atoms with Gasteiger partial charge in [0.1, 0.15) is 5.76 Å². The predicted octanol–water partition coefficient (Wildman–Crippen LogP) is 2.24. The van der Waals surface area contributed by atoms with Crippen molar-refractivity contribution in [3.05, 3.63) is 17.8 Å². The lowest BCUT2D eigenvalue weighted by molar-refractivity contribution is 0.131. The number of hydrogen-bond acceptors (Lipinski definition) is 4. The maximum Gasteiger partial charge on any atom is 0.211 e. The van der Waals surface area contributed by atoms with Crippen molar-refractivity contribution in [3.8, 4) is 0 Å². The van der Waals surface area contributed by atoms with Crippen molar-refractivity contribution in [3.63, 3.8) is 0 Å². The zero-order valence-electron chi connectivity index (χ0n) is 10.1. The predicted molar refractivity (Wildman–Crippen MR) is 62.9 cm³/mol. The monoisotopic (exact) mass is 223 g/mol. The summed E-state index contributed by atoms with van der Waals surface area (Å²) < 4.78 is 5.74. The lowest BCUT2D eigenvalue weighted by Gasteiger charge is -2.32. The minimum atomic E-state index is -0.0695. The van der Waals surface area contributed by atoms with E-state index in [1.807, 2.05) is 6.92 Å². The molecule has 2 atom stereocenters. The number of nitrogens with two attached hydrogens (primary N) is 1. The molecule has 0 bridgehead atoms. The zero-order chi connectivity index (χ0) is 11.5. The van der Waals surface area contributed by atoms with Crippen LogP contribution in [0.25, 0.3) is 0 Å². The summed E-state index contributed by atoms with van der Waals surface area (Å²) >= 11 is 0. The lowest BCUT2D eigenvalue weighted by Crippen LogP contribution is -2.33. The van der Waals surface area contributed by atoms with Crippen LogP contribution >= 0.6 is 0 Å². The first-order valence-corrected chi connectivity index (χ1v) is 6.17. The number of rotatable bonds is 3. The first kappa shape index (κ1) is 11.6. The molecule has 1 fully saturated rings. The van der Waals surface area contributed by atoms with Crippen molar-refractivity contribution in [2.75, 3.05) is 13.1 Å². The lowest BCUT2D eigenvalue weighted by atomic mass is 10.0. The van der Waals surface area contributed by atoms with E-state index in [1.54, 1.807) is 6.20 Å². The van der Waals surface area contributed by atoms with Gasteiger partial charge in [0.2, 0.25) is 5.89 Å². The molecule has 1 aromatic heterocycles. The Hall–Kier alpha value is -0.870. The summed E-state index contributed by atoms with van der Waals surface area (Å²) in [4.78, 5) is 6.80. The highest BCUT2D eigenvalue weighted by Crippen LogP contribution is 2.30. The van der Waals surface area contributed by atoms with E-state index < -0.39 is 0 Å². The standard InChI is InChI=1S/C12H21N3O/c1-3-15-7-5-4-6-10(15)12-14-8-11(16-12)9(2)13/h8-10H,3-7,13H2,1-2H3. The minimum Gasteiger partial charge on any atom is -0.442 e. The van der Waals surface area contributed by atoms with Crippen molar-refractivity contribution in [1.82, 2.24) is 9.88 Å². The highest BCUT2D eigenvalue weighted by atomic mass is 16.4. The molecular formula is C12H21N3O. The third-order valence-electron chi connectivity index (χ3n) is 3.30. The van der Waals surface area contributed by atoms with E-state index in [2.05, 4.69) is 16.8 Å². The smallest absolute Gasteiger partial charge is 0.211 e. The molecule has 2 rings (SSSR count). The molecule has 1 saturated heterocycles. The van der Waals surface area contributed by atoms with Crippen LogP contribution in [0.2, 0.25) is 0 Å². The Morgan fingerprint density at radius 2 is 2.44 bits per heavy atom. The van der Waals surface area contributed by atoms with E-state index in [0.717, 1.165) is 31.2 Å². The molecule has 0 spiro atoms. The quantitative estimate of drug-likeness (QED) is 0.853. The SMILES string of the molecule is CCN1CCCCC1c1ncc(C(C)N)o1. The van der Waals surface area contributed by atoms with Gasteiger partial charge in [0.15, 0.2) is 0 Å². The summed E-state index contributed by atoms with van der Waals surface area (Å²) in [6, 6.07) is 0.283. The van der Waals surface area contributed by atoms with Crippen LogP contribution in [0.4, 0.5) is 0 Å². The number of aromatic nitrogens is 1. The Bertz CT molecular complexity index is 335. The molecule has 0 aromatic carbocycles. The van der Waals surface area contributed by atoms with Gasteiger partial charge in [-0.1, -0.05) is 13.3 Å². The molecule has 4 nitrogen and oxygen atoms in total. The van der Waals surface area contributed by atoms with Crippen LogP contribution < -0.4 is 5.73 Å². The molecule has 4 heteroatoms. The normalized spacial score (nSPS) is 24.6. The summed E-state index contributed by atoms with van der Waals surface area (Å²) in [6.45, 7) is 6.31. The molecule has 2 heterocycles. The number of hydrogen-bond donors (Lipinski definition) is 1. The fraction of sp³-hybridized carbons (Fsp3) is 0.750. The molecule has 0 aliphatic carbocycles. The third kappa shape index (κ3) is 2.28. The topological polar surface area (TPSA) is 55.3 Å². The first-order valence-electron chi connectivity index (χ1n) is 6.17. The molecule has 2 N–H and O–H groups in total. The molecule has 90 valence electrons. The summed E-state index contributed by atoms with van der Waals surface area (Å²) in [6.07, 6.45) is 5.46. The number of piperidine rings is 1. The largest absolute Gasteiger partial charge is 0.442 e. The molecule has 1 aromatic rings. The van der Waals surface area contributed by atoms with E-state index in [4.69, 9.17) is 10.2 Å². The van der Waals surface area contributed by atoms with Gasteiger partial charge in [-0.15, -0.1) is 0 Å². The van der Waals surface area contributed by atoms with Crippen molar-refractivity contribution in [1.29, 1.82) is 0 Å². The molecule has 0 radical (unpaired) electrons. The van der Waals surface area contributed by atoms with Crippen LogP contribution in [-0.4, -0.2) is 23.0 Å². The van der Waals surface area contributed by atoms with E-state index in [-0.39, 0.29) is 6.04 Å². The van der Waals surface area contributed by atoms with Crippen LogP contribution in [0.3, 0.4) is 0 Å². The van der Waals surface area contributed by atoms with Crippen molar-refractivity contribution < 1.29 is 4.42 Å². The van der Waals surface area contributed by atoms with Crippen LogP contribution in [-0.2, 0) is 0 Å². The average Bonchev–Trinajstić information content (AvgIpc) is 2.78. The zero-order valence-corrected chi connectivity index (χ0v) is 10.1. The number of oxazole rings is 1. The molecule has 0 amide bonds. The fourth-order valence-electron chi connectivity index (χ4n) is 2.31. The van der Waals surface area contributed by atoms with Gasteiger partial charge in [-0.2, -0.15) is 0 Å². The second kappa shape index (κ2) is 4.97. The Balaban J connectivity index is 2.14. The van der Waals surface area contributed by atoms with Crippen molar-refractivity contribution >= 4 is 0 Å². The second-order valence-corrected chi connectivity index (χ2v) is 4.53. The van der Waals surface area contributed by atoms with Gasteiger partial charge in [0, 0.05) is 0 Å². The van der Waals surface area contributed by atoms with E-state index in [1.165, 1.54) is 12.8 Å². The maximum atomic E-state index is 5.78. The molecular weight excluding hydrogens is 202 g/mol. The Labute approximate surface area is 96.8 Å². The van der Waals surface area contributed by atoms with Crippen molar-refractivity contribution in [2.24, 2.45) is 5.73 Å². The van der Waals surface area contributed by atoms with Gasteiger partial charge < -0.3 is 10.2 Å². The number of likely N-dealkylation sites (tertiary alicyclic amines) is 1. The summed E-state index contributed by atoms with van der Waals surface area (Å²) in [7, 11) is 0. The Kier molecular flexibility index (Phi) is 3.61. The van der Waals surface area contributed by atoms with Gasteiger partial charge in [-0.05, 0) is 32.9 Å². The van der Waals surface area contributed by atoms with Gasteiger partial charge in [-0.3, -0.25) is 4.90 Å². The van der Waals surface area contributed by atoms with Crippen LogP contribution in [0.5, 0.6) is 0 Å². The molecule has 1 aliphatic rings. The van der Waals surface area contributed by atoms with Crippen LogP contribution in [0, 0.1) is 0 Å². The highest BCUT2D eigenvalue weighted by molar-refractivity contribution is 5.02.